The van der Waals surface area contributed by atoms with E-state index in [2.05, 4.69) is 26.1 Å². The molecule has 0 heterocycles. The molecule has 16 heavy (non-hydrogen) atoms. The van der Waals surface area contributed by atoms with Crippen molar-refractivity contribution >= 4 is 0 Å². The fraction of sp³-hybridized carbons (Fsp3) is 0.538. The molecule has 1 aromatic rings. The van der Waals surface area contributed by atoms with Crippen LogP contribution in [0.5, 0.6) is 0 Å². The molecule has 0 aliphatic rings. The van der Waals surface area contributed by atoms with Crippen molar-refractivity contribution in [3.05, 3.63) is 35.4 Å². The van der Waals surface area contributed by atoms with Gasteiger partial charge in [0.2, 0.25) is 0 Å². The molecule has 0 aliphatic carbocycles. The summed E-state index contributed by atoms with van der Waals surface area (Å²) in [4.78, 5) is 0. The highest BCUT2D eigenvalue weighted by Crippen LogP contribution is 2.10. The Balaban J connectivity index is 2.60. The molecule has 0 amide bonds. The quantitative estimate of drug-likeness (QED) is 0.812. The molecule has 0 fully saturated rings. The van der Waals surface area contributed by atoms with E-state index in [1.807, 2.05) is 0 Å². The Bertz CT molecular complexity index is 316. The highest BCUT2D eigenvalue weighted by atomic mass is 19.1. The fourth-order valence-corrected chi connectivity index (χ4v) is 1.81. The number of nitrogens with one attached hydrogen (secondary N) is 1. The molecule has 1 nitrogen and oxygen atoms in total. The number of rotatable bonds is 5. The standard InChI is InChI=1S/C13H19F2N/c1-4-13(9(2)3)16-8-10-5-11(14)7-12(15)6-10/h5-7,9,13,16H,4,8H2,1-3H3. The van der Waals surface area contributed by atoms with Gasteiger partial charge in [0.25, 0.3) is 0 Å². The minimum atomic E-state index is -0.519. The molecular formula is C13H19F2N. The summed E-state index contributed by atoms with van der Waals surface area (Å²) < 4.78 is 25.9. The molecule has 1 unspecified atom stereocenters. The predicted molar refractivity (Wildman–Crippen MR) is 62.1 cm³/mol. The second-order valence-electron chi connectivity index (χ2n) is 4.42. The van der Waals surface area contributed by atoms with E-state index in [1.165, 1.54) is 12.1 Å². The molecule has 0 saturated heterocycles. The normalized spacial score (nSPS) is 13.1. The Morgan fingerprint density at radius 3 is 2.12 bits per heavy atom. The highest BCUT2D eigenvalue weighted by molar-refractivity contribution is 5.17. The summed E-state index contributed by atoms with van der Waals surface area (Å²) in [5.41, 5.74) is 0.650. The van der Waals surface area contributed by atoms with Crippen molar-refractivity contribution in [1.29, 1.82) is 0 Å². The van der Waals surface area contributed by atoms with Crippen molar-refractivity contribution < 1.29 is 8.78 Å². The lowest BCUT2D eigenvalue weighted by atomic mass is 10.0. The lowest BCUT2D eigenvalue weighted by Crippen LogP contribution is -2.32. The molecule has 0 bridgehead atoms. The largest absolute Gasteiger partial charge is 0.310 e. The van der Waals surface area contributed by atoms with E-state index in [-0.39, 0.29) is 0 Å². The third kappa shape index (κ3) is 3.89. The molecule has 90 valence electrons. The van der Waals surface area contributed by atoms with E-state index in [0.29, 0.717) is 24.1 Å². The molecule has 0 saturated carbocycles. The highest BCUT2D eigenvalue weighted by Gasteiger charge is 2.10. The fourth-order valence-electron chi connectivity index (χ4n) is 1.81. The molecule has 1 N–H and O–H groups in total. The number of hydrogen-bond donors (Lipinski definition) is 1. The molecule has 0 spiro atoms. The molecular weight excluding hydrogens is 208 g/mol. The van der Waals surface area contributed by atoms with E-state index >= 15 is 0 Å². The van der Waals surface area contributed by atoms with Crippen LogP contribution in [0.4, 0.5) is 8.78 Å². The van der Waals surface area contributed by atoms with Gasteiger partial charge in [-0.1, -0.05) is 20.8 Å². The molecule has 0 radical (unpaired) electrons. The first-order valence-electron chi connectivity index (χ1n) is 5.71. The van der Waals surface area contributed by atoms with Crippen molar-refractivity contribution in [2.45, 2.75) is 39.8 Å². The average Bonchev–Trinajstić information content (AvgIpc) is 2.16. The second-order valence-corrected chi connectivity index (χ2v) is 4.42. The van der Waals surface area contributed by atoms with E-state index in [9.17, 15) is 8.78 Å². The lowest BCUT2D eigenvalue weighted by molar-refractivity contribution is 0.387. The smallest absolute Gasteiger partial charge is 0.126 e. The Kier molecular flexibility index (Phi) is 4.87. The number of benzene rings is 1. The van der Waals surface area contributed by atoms with Crippen LogP contribution >= 0.6 is 0 Å². The van der Waals surface area contributed by atoms with E-state index in [4.69, 9.17) is 0 Å². The summed E-state index contributed by atoms with van der Waals surface area (Å²) in [7, 11) is 0. The van der Waals surface area contributed by atoms with Gasteiger partial charge in [0, 0.05) is 18.7 Å². The van der Waals surface area contributed by atoms with Gasteiger partial charge in [-0.2, -0.15) is 0 Å². The van der Waals surface area contributed by atoms with E-state index in [0.717, 1.165) is 12.5 Å². The Morgan fingerprint density at radius 1 is 1.12 bits per heavy atom. The van der Waals surface area contributed by atoms with Crippen LogP contribution in [-0.4, -0.2) is 6.04 Å². The maximum atomic E-state index is 12.9. The SMILES string of the molecule is CCC(NCc1cc(F)cc(F)c1)C(C)C. The maximum Gasteiger partial charge on any atom is 0.126 e. The zero-order valence-corrected chi connectivity index (χ0v) is 10.1. The lowest BCUT2D eigenvalue weighted by Gasteiger charge is -2.20. The van der Waals surface area contributed by atoms with Gasteiger partial charge < -0.3 is 5.32 Å². The summed E-state index contributed by atoms with van der Waals surface area (Å²) in [6.07, 6.45) is 1.01. The van der Waals surface area contributed by atoms with Gasteiger partial charge >= 0.3 is 0 Å². The van der Waals surface area contributed by atoms with Crippen LogP contribution in [0.15, 0.2) is 18.2 Å². The molecule has 1 atom stereocenters. The number of halogens is 2. The van der Waals surface area contributed by atoms with Crippen LogP contribution in [0.2, 0.25) is 0 Å². The molecule has 1 rings (SSSR count). The van der Waals surface area contributed by atoms with E-state index in [1.54, 1.807) is 0 Å². The van der Waals surface area contributed by atoms with Gasteiger partial charge in [-0.05, 0) is 30.0 Å². The minimum Gasteiger partial charge on any atom is -0.310 e. The van der Waals surface area contributed by atoms with Gasteiger partial charge in [-0.15, -0.1) is 0 Å². The predicted octanol–water partition coefficient (Wildman–Crippen LogP) is 3.49. The van der Waals surface area contributed by atoms with Crippen LogP contribution in [-0.2, 0) is 6.54 Å². The summed E-state index contributed by atoms with van der Waals surface area (Å²) in [6, 6.07) is 4.00. The first kappa shape index (κ1) is 13.1. The van der Waals surface area contributed by atoms with Crippen LogP contribution in [0, 0.1) is 17.6 Å². The van der Waals surface area contributed by atoms with Gasteiger partial charge in [-0.3, -0.25) is 0 Å². The van der Waals surface area contributed by atoms with Gasteiger partial charge in [0.1, 0.15) is 11.6 Å². The van der Waals surface area contributed by atoms with Gasteiger partial charge in [0.05, 0.1) is 0 Å². The topological polar surface area (TPSA) is 12.0 Å². The van der Waals surface area contributed by atoms with E-state index < -0.39 is 11.6 Å². The third-order valence-electron chi connectivity index (χ3n) is 2.74. The summed E-state index contributed by atoms with van der Waals surface area (Å²) in [5.74, 6) is -0.521. The third-order valence-corrected chi connectivity index (χ3v) is 2.74. The monoisotopic (exact) mass is 227 g/mol. The summed E-state index contributed by atoms with van der Waals surface area (Å²) >= 11 is 0. The molecule has 0 aromatic heterocycles. The zero-order valence-electron chi connectivity index (χ0n) is 10.1. The van der Waals surface area contributed by atoms with Crippen molar-refractivity contribution in [3.8, 4) is 0 Å². The van der Waals surface area contributed by atoms with Crippen molar-refractivity contribution in [2.24, 2.45) is 5.92 Å². The average molecular weight is 227 g/mol. The van der Waals surface area contributed by atoms with Crippen molar-refractivity contribution in [1.82, 2.24) is 5.32 Å². The summed E-state index contributed by atoms with van der Waals surface area (Å²) in [5, 5.41) is 3.31. The van der Waals surface area contributed by atoms with Gasteiger partial charge in [-0.25, -0.2) is 8.78 Å². The summed E-state index contributed by atoms with van der Waals surface area (Å²) in [6.45, 7) is 6.87. The Labute approximate surface area is 95.9 Å². The minimum absolute atomic E-state index is 0.381. The number of hydrogen-bond acceptors (Lipinski definition) is 1. The van der Waals surface area contributed by atoms with Gasteiger partial charge in [0.15, 0.2) is 0 Å². The van der Waals surface area contributed by atoms with Crippen molar-refractivity contribution in [2.75, 3.05) is 0 Å². The molecule has 0 aliphatic heterocycles. The van der Waals surface area contributed by atoms with Crippen LogP contribution < -0.4 is 5.32 Å². The van der Waals surface area contributed by atoms with Crippen LogP contribution in [0.3, 0.4) is 0 Å². The maximum absolute atomic E-state index is 12.9. The van der Waals surface area contributed by atoms with Crippen LogP contribution in [0.1, 0.15) is 32.8 Å². The zero-order chi connectivity index (χ0) is 12.1. The Morgan fingerprint density at radius 2 is 1.69 bits per heavy atom. The Hall–Kier alpha value is -0.960. The molecule has 3 heteroatoms. The second kappa shape index (κ2) is 5.94. The molecule has 1 aromatic carbocycles. The first-order valence-corrected chi connectivity index (χ1v) is 5.71. The first-order chi connectivity index (χ1) is 7.52. The van der Waals surface area contributed by atoms with Crippen molar-refractivity contribution in [3.63, 3.8) is 0 Å². The van der Waals surface area contributed by atoms with Crippen LogP contribution in [0.25, 0.3) is 0 Å².